The van der Waals surface area contributed by atoms with Crippen LogP contribution in [0.3, 0.4) is 0 Å². The van der Waals surface area contributed by atoms with Crippen LogP contribution >= 0.6 is 0 Å². The van der Waals surface area contributed by atoms with Crippen LogP contribution in [0.15, 0.2) is 74.9 Å². The van der Waals surface area contributed by atoms with Gasteiger partial charge in [-0.2, -0.15) is 0 Å². The second-order valence-electron chi connectivity index (χ2n) is 15.1. The molecule has 1 aromatic carbocycles. The number of hydrogen-bond acceptors (Lipinski definition) is 5. The third-order valence-corrected chi connectivity index (χ3v) is 11.8. The van der Waals surface area contributed by atoms with E-state index < -0.39 is 16.9 Å². The van der Waals surface area contributed by atoms with Crippen molar-refractivity contribution in [3.05, 3.63) is 80.5 Å². The van der Waals surface area contributed by atoms with Crippen molar-refractivity contribution < 1.29 is 24.3 Å². The maximum atomic E-state index is 14.8. The molecule has 0 bridgehead atoms. The highest BCUT2D eigenvalue weighted by Crippen LogP contribution is 2.68. The second kappa shape index (κ2) is 11.0. The fraction of sp³-hybridized carbons (Fsp3) is 0.538. The quantitative estimate of drug-likeness (QED) is 0.255. The van der Waals surface area contributed by atoms with Crippen LogP contribution in [0.5, 0.6) is 0 Å². The van der Waals surface area contributed by atoms with E-state index in [1.54, 1.807) is 31.2 Å². The van der Waals surface area contributed by atoms with Gasteiger partial charge in [-0.1, -0.05) is 80.3 Å². The van der Waals surface area contributed by atoms with E-state index in [-0.39, 0.29) is 53.2 Å². The molecule has 234 valence electrons. The van der Waals surface area contributed by atoms with E-state index in [1.807, 2.05) is 33.8 Å². The number of ketones is 4. The Hall–Kier alpha value is -3.18. The van der Waals surface area contributed by atoms with Crippen molar-refractivity contribution in [3.63, 3.8) is 0 Å². The number of fused-ring (bicyclic) bond motifs is 3. The van der Waals surface area contributed by atoms with Crippen LogP contribution in [-0.4, -0.2) is 34.3 Å². The van der Waals surface area contributed by atoms with Gasteiger partial charge in [0.05, 0.1) is 17.9 Å². The summed E-state index contributed by atoms with van der Waals surface area (Å²) in [5, 5.41) is 10.6. The lowest BCUT2D eigenvalue weighted by atomic mass is 9.42. The number of allylic oxidation sites excluding steroid dienone is 7. The van der Waals surface area contributed by atoms with Crippen molar-refractivity contribution in [2.24, 2.45) is 28.1 Å². The molecule has 0 saturated heterocycles. The first-order valence-corrected chi connectivity index (χ1v) is 16.2. The zero-order valence-corrected chi connectivity index (χ0v) is 27.9. The van der Waals surface area contributed by atoms with Gasteiger partial charge in [0, 0.05) is 34.1 Å². The van der Waals surface area contributed by atoms with Gasteiger partial charge in [-0.3, -0.25) is 19.2 Å². The van der Waals surface area contributed by atoms with E-state index in [0.717, 1.165) is 39.9 Å². The zero-order valence-electron chi connectivity index (χ0n) is 27.9. The molecule has 0 aliphatic heterocycles. The summed E-state index contributed by atoms with van der Waals surface area (Å²) < 4.78 is 0. The molecule has 1 aromatic rings. The molecule has 1 saturated carbocycles. The van der Waals surface area contributed by atoms with E-state index in [2.05, 4.69) is 27.7 Å². The standard InChI is InChI=1S/C39H48O5/c1-21(2)29-16-27(15-28(41)17-31(42)26-13-11-10-12-14-26)23(4)33-30(29)19-37(7)20-38(8)18-22(3)32(25(6)40)36(44)39(38,9)24(5)34(37)35(33)43/h10-14,21,25,27,40H,15-20H2,1-9H3. The molecule has 0 radical (unpaired) electrons. The lowest BCUT2D eigenvalue weighted by Crippen LogP contribution is -2.57. The van der Waals surface area contributed by atoms with Crippen LogP contribution in [0, 0.1) is 28.1 Å². The zero-order chi connectivity index (χ0) is 32.5. The summed E-state index contributed by atoms with van der Waals surface area (Å²) in [7, 11) is 0. The highest BCUT2D eigenvalue weighted by molar-refractivity contribution is 6.16. The average Bonchev–Trinajstić information content (AvgIpc) is 2.92. The first-order chi connectivity index (χ1) is 20.5. The van der Waals surface area contributed by atoms with E-state index in [9.17, 15) is 24.3 Å². The Labute approximate surface area is 262 Å². The molecule has 1 fully saturated rings. The summed E-state index contributed by atoms with van der Waals surface area (Å²) in [5.74, 6) is -0.313. The van der Waals surface area contributed by atoms with Gasteiger partial charge < -0.3 is 5.11 Å². The summed E-state index contributed by atoms with van der Waals surface area (Å²) >= 11 is 0. The molecule has 5 atom stereocenters. The molecule has 5 unspecified atom stereocenters. The first kappa shape index (κ1) is 32.2. The first-order valence-electron chi connectivity index (χ1n) is 16.2. The molecule has 5 heteroatoms. The van der Waals surface area contributed by atoms with Gasteiger partial charge in [-0.05, 0) is 83.1 Å². The van der Waals surface area contributed by atoms with E-state index in [0.29, 0.717) is 30.4 Å². The number of carbonyl (C=O) groups excluding carboxylic acids is 4. The van der Waals surface area contributed by atoms with E-state index >= 15 is 0 Å². The number of rotatable bonds is 7. The van der Waals surface area contributed by atoms with Crippen molar-refractivity contribution in [2.45, 2.75) is 107 Å². The van der Waals surface area contributed by atoms with Crippen LogP contribution in [0.25, 0.3) is 0 Å². The number of carbonyl (C=O) groups is 4. The summed E-state index contributed by atoms with van der Waals surface area (Å²) in [6.07, 6.45) is 2.05. The minimum absolute atomic E-state index is 0.0136. The summed E-state index contributed by atoms with van der Waals surface area (Å²) in [6, 6.07) is 8.91. The molecule has 5 nitrogen and oxygen atoms in total. The van der Waals surface area contributed by atoms with Crippen LogP contribution in [0.2, 0.25) is 0 Å². The fourth-order valence-corrected chi connectivity index (χ4v) is 9.49. The maximum absolute atomic E-state index is 14.8. The van der Waals surface area contributed by atoms with E-state index in [1.165, 1.54) is 5.57 Å². The van der Waals surface area contributed by atoms with Gasteiger partial charge >= 0.3 is 0 Å². The molecule has 0 aromatic heterocycles. The van der Waals surface area contributed by atoms with Crippen molar-refractivity contribution in [2.75, 3.05) is 0 Å². The molecule has 0 heterocycles. The molecule has 44 heavy (non-hydrogen) atoms. The van der Waals surface area contributed by atoms with Gasteiger partial charge in [0.25, 0.3) is 0 Å². The molecule has 4 aliphatic carbocycles. The SMILES string of the molecule is CC1=C(C(C)O)C(=O)C2(C)C(C)=C3C(=O)C4=C(C)C(CC(=O)CC(=O)c5ccccc5)CC(C(C)C)=C4CC3(C)CC2(C)C1. The largest absolute Gasteiger partial charge is 0.389 e. The lowest BCUT2D eigenvalue weighted by Gasteiger charge is -2.60. The van der Waals surface area contributed by atoms with Crippen molar-refractivity contribution >= 4 is 23.1 Å². The monoisotopic (exact) mass is 596 g/mol. The fourth-order valence-electron chi connectivity index (χ4n) is 9.49. The third-order valence-electron chi connectivity index (χ3n) is 11.8. The molecule has 1 N–H and O–H groups in total. The summed E-state index contributed by atoms with van der Waals surface area (Å²) in [5.41, 5.74) is 5.80. The van der Waals surface area contributed by atoms with Gasteiger partial charge in [-0.25, -0.2) is 0 Å². The average molecular weight is 597 g/mol. The van der Waals surface area contributed by atoms with Gasteiger partial charge in [-0.15, -0.1) is 0 Å². The Kier molecular flexibility index (Phi) is 8.06. The third kappa shape index (κ3) is 4.78. The molecule has 5 rings (SSSR count). The predicted octanol–water partition coefficient (Wildman–Crippen LogP) is 7.89. The van der Waals surface area contributed by atoms with Crippen LogP contribution in [0.1, 0.15) is 111 Å². The maximum Gasteiger partial charge on any atom is 0.189 e. The van der Waals surface area contributed by atoms with Crippen molar-refractivity contribution in [1.29, 1.82) is 0 Å². The molecular weight excluding hydrogens is 548 g/mol. The summed E-state index contributed by atoms with van der Waals surface area (Å²) in [4.78, 5) is 55.1. The van der Waals surface area contributed by atoms with Gasteiger partial charge in [0.1, 0.15) is 5.78 Å². The van der Waals surface area contributed by atoms with Crippen LogP contribution in [-0.2, 0) is 14.4 Å². The number of aliphatic hydroxyl groups excluding tert-OH is 1. The Morgan fingerprint density at radius 1 is 0.977 bits per heavy atom. The smallest absolute Gasteiger partial charge is 0.189 e. The molecule has 0 amide bonds. The van der Waals surface area contributed by atoms with Crippen LogP contribution < -0.4 is 0 Å². The van der Waals surface area contributed by atoms with Crippen molar-refractivity contribution in [1.82, 2.24) is 0 Å². The van der Waals surface area contributed by atoms with Gasteiger partial charge in [0.15, 0.2) is 17.3 Å². The Morgan fingerprint density at radius 2 is 1.61 bits per heavy atom. The molecule has 0 spiro atoms. The normalized spacial score (nSPS) is 31.3. The summed E-state index contributed by atoms with van der Waals surface area (Å²) in [6.45, 7) is 18.3. The Balaban J connectivity index is 1.58. The highest BCUT2D eigenvalue weighted by Gasteiger charge is 2.63. The Bertz CT molecular complexity index is 1600. The predicted molar refractivity (Wildman–Crippen MR) is 173 cm³/mol. The number of hydrogen-bond donors (Lipinski definition) is 1. The molecular formula is C39H48O5. The van der Waals surface area contributed by atoms with Gasteiger partial charge in [0.2, 0.25) is 0 Å². The minimum Gasteiger partial charge on any atom is -0.389 e. The topological polar surface area (TPSA) is 88.5 Å². The lowest BCUT2D eigenvalue weighted by molar-refractivity contribution is -0.134. The second-order valence-corrected chi connectivity index (χ2v) is 15.1. The van der Waals surface area contributed by atoms with Crippen molar-refractivity contribution in [3.8, 4) is 0 Å². The van der Waals surface area contributed by atoms with Crippen LogP contribution in [0.4, 0.5) is 0 Å². The Morgan fingerprint density at radius 3 is 2.20 bits per heavy atom. The number of benzene rings is 1. The number of Topliss-reactive ketones (excluding diaryl/α,β-unsaturated/α-hetero) is 4. The minimum atomic E-state index is -0.901. The highest BCUT2D eigenvalue weighted by atomic mass is 16.3. The molecule has 4 aliphatic rings. The van der Waals surface area contributed by atoms with E-state index in [4.69, 9.17) is 0 Å². The number of aliphatic hydroxyl groups is 1.